The van der Waals surface area contributed by atoms with Crippen molar-refractivity contribution in [2.45, 2.75) is 38.0 Å². The number of nitrogens with one attached hydrogen (secondary N) is 1. The number of hydrogen-bond acceptors (Lipinski definition) is 5. The Labute approximate surface area is 201 Å². The van der Waals surface area contributed by atoms with Gasteiger partial charge in [0.15, 0.2) is 0 Å². The van der Waals surface area contributed by atoms with Crippen LogP contribution in [0.25, 0.3) is 0 Å². The highest BCUT2D eigenvalue weighted by atomic mass is 35.5. The summed E-state index contributed by atoms with van der Waals surface area (Å²) < 4.78 is 18.5. The number of carbonyl (C=O) groups is 3. The molecule has 2 N–H and O–H groups in total. The van der Waals surface area contributed by atoms with E-state index in [1.807, 2.05) is 0 Å². The zero-order valence-corrected chi connectivity index (χ0v) is 19.2. The molecule has 0 aromatic heterocycles. The first-order valence-electron chi connectivity index (χ1n) is 11.1. The van der Waals surface area contributed by atoms with E-state index >= 15 is 0 Å². The topological polar surface area (TPSA) is 99.2 Å². The third-order valence-corrected chi connectivity index (χ3v) is 6.14. The highest BCUT2D eigenvalue weighted by molar-refractivity contribution is 6.30. The van der Waals surface area contributed by atoms with E-state index in [9.17, 15) is 23.9 Å². The highest BCUT2D eigenvalue weighted by Crippen LogP contribution is 2.30. The van der Waals surface area contributed by atoms with Gasteiger partial charge in [-0.2, -0.15) is 0 Å². The molecule has 2 aromatic rings. The lowest BCUT2D eigenvalue weighted by Gasteiger charge is -2.27. The fraction of sp³-hybridized carbons (Fsp3) is 0.375. The molecule has 0 aliphatic carbocycles. The fourth-order valence-electron chi connectivity index (χ4n) is 4.19. The van der Waals surface area contributed by atoms with Gasteiger partial charge in [0.25, 0.3) is 17.6 Å². The normalized spacial score (nSPS) is 20.4. The van der Waals surface area contributed by atoms with Gasteiger partial charge in [0.2, 0.25) is 0 Å². The Morgan fingerprint density at radius 2 is 1.88 bits per heavy atom. The molecular weight excluding hydrogens is 465 g/mol. The Balaban J connectivity index is 1.39. The van der Waals surface area contributed by atoms with Crippen molar-refractivity contribution in [2.75, 3.05) is 24.5 Å². The maximum atomic E-state index is 13.4. The fourth-order valence-corrected chi connectivity index (χ4v) is 4.43. The van der Waals surface area contributed by atoms with E-state index in [1.54, 1.807) is 29.2 Å². The summed E-state index contributed by atoms with van der Waals surface area (Å²) in [6, 6.07) is 10.4. The molecule has 2 heterocycles. The van der Waals surface area contributed by atoms with Crippen molar-refractivity contribution in [1.82, 2.24) is 10.2 Å². The van der Waals surface area contributed by atoms with Gasteiger partial charge in [-0.15, -0.1) is 0 Å². The molecule has 2 aromatic carbocycles. The van der Waals surface area contributed by atoms with Gasteiger partial charge in [-0.05, 0) is 61.2 Å². The Hall–Kier alpha value is -3.17. The predicted molar refractivity (Wildman–Crippen MR) is 123 cm³/mol. The molecule has 1 atom stereocenters. The van der Waals surface area contributed by atoms with Crippen LogP contribution in [-0.2, 0) is 16.1 Å². The van der Waals surface area contributed by atoms with Crippen LogP contribution in [0.5, 0.6) is 0 Å². The predicted octanol–water partition coefficient (Wildman–Crippen LogP) is 3.46. The molecule has 3 amide bonds. The maximum Gasteiger partial charge on any atom is 0.410 e. The molecule has 4 rings (SSSR count). The van der Waals surface area contributed by atoms with Crippen LogP contribution in [0.1, 0.15) is 41.6 Å². The maximum absolute atomic E-state index is 13.4. The number of nitrogens with zero attached hydrogens (tertiary/aromatic N) is 2. The van der Waals surface area contributed by atoms with Crippen LogP contribution in [-0.4, -0.2) is 53.3 Å². The molecule has 2 aliphatic rings. The molecule has 2 saturated heterocycles. The van der Waals surface area contributed by atoms with Crippen LogP contribution in [0.15, 0.2) is 42.5 Å². The summed E-state index contributed by atoms with van der Waals surface area (Å²) in [6.45, 7) is 1.40. The number of rotatable bonds is 5. The van der Waals surface area contributed by atoms with Gasteiger partial charge in [0.1, 0.15) is 5.82 Å². The minimum absolute atomic E-state index is 0.100. The minimum Gasteiger partial charge on any atom is -0.407 e. The Kier molecular flexibility index (Phi) is 7.04. The van der Waals surface area contributed by atoms with Crippen molar-refractivity contribution >= 4 is 35.2 Å². The van der Waals surface area contributed by atoms with E-state index in [4.69, 9.17) is 16.3 Å². The molecule has 0 unspecified atom stereocenters. The van der Waals surface area contributed by atoms with Gasteiger partial charge < -0.3 is 25.0 Å². The Morgan fingerprint density at radius 3 is 2.62 bits per heavy atom. The zero-order chi connectivity index (χ0) is 24.3. The quantitative estimate of drug-likeness (QED) is 0.627. The van der Waals surface area contributed by atoms with Crippen LogP contribution in [0.4, 0.5) is 14.9 Å². The summed E-state index contributed by atoms with van der Waals surface area (Å²) in [7, 11) is 0. The van der Waals surface area contributed by atoms with Crippen molar-refractivity contribution in [2.24, 2.45) is 0 Å². The minimum atomic E-state index is -2.35. The van der Waals surface area contributed by atoms with E-state index in [1.165, 1.54) is 17.0 Å². The second-order valence-electron chi connectivity index (χ2n) is 8.42. The van der Waals surface area contributed by atoms with E-state index < -0.39 is 23.6 Å². The van der Waals surface area contributed by atoms with E-state index in [2.05, 4.69) is 5.32 Å². The number of alkyl carbamates (subject to hydrolysis) is 1. The average molecular weight is 490 g/mol. The number of piperidine rings is 1. The summed E-state index contributed by atoms with van der Waals surface area (Å²) in [4.78, 5) is 41.0. The lowest BCUT2D eigenvalue weighted by Crippen LogP contribution is -2.46. The van der Waals surface area contributed by atoms with Crippen LogP contribution >= 0.6 is 11.6 Å². The molecule has 0 bridgehead atoms. The van der Waals surface area contributed by atoms with E-state index in [0.717, 1.165) is 25.3 Å². The summed E-state index contributed by atoms with van der Waals surface area (Å²) in [5, 5.41) is 13.2. The molecule has 2 aliphatic heterocycles. The van der Waals surface area contributed by atoms with Gasteiger partial charge in [0.05, 0.1) is 0 Å². The molecule has 10 heteroatoms. The first kappa shape index (κ1) is 24.0. The van der Waals surface area contributed by atoms with Gasteiger partial charge in [-0.1, -0.05) is 17.7 Å². The van der Waals surface area contributed by atoms with E-state index in [0.29, 0.717) is 29.9 Å². The molecule has 34 heavy (non-hydrogen) atoms. The monoisotopic (exact) mass is 489 g/mol. The summed E-state index contributed by atoms with van der Waals surface area (Å²) >= 11 is 5.80. The number of hydrogen-bond donors (Lipinski definition) is 2. The summed E-state index contributed by atoms with van der Waals surface area (Å²) in [5.74, 6) is -3.81. The number of carbonyl (C=O) groups excluding carboxylic acids is 3. The first-order valence-corrected chi connectivity index (χ1v) is 11.5. The number of ether oxygens (including phenoxy) is 1. The number of benzene rings is 2. The van der Waals surface area contributed by atoms with Crippen molar-refractivity contribution in [1.29, 1.82) is 0 Å². The average Bonchev–Trinajstić information content (AvgIpc) is 3.11. The Bertz CT molecular complexity index is 1090. The largest absolute Gasteiger partial charge is 0.410 e. The highest BCUT2D eigenvalue weighted by Gasteiger charge is 2.49. The van der Waals surface area contributed by atoms with Gasteiger partial charge >= 0.3 is 6.09 Å². The number of likely N-dealkylation sites (tertiary alicyclic amines) is 1. The van der Waals surface area contributed by atoms with E-state index in [-0.39, 0.29) is 30.4 Å². The van der Waals surface area contributed by atoms with Crippen LogP contribution in [0, 0.1) is 5.82 Å². The number of halogens is 2. The molecule has 0 radical (unpaired) electrons. The first-order chi connectivity index (χ1) is 16.2. The summed E-state index contributed by atoms with van der Waals surface area (Å²) in [5.41, 5.74) is 1.28. The SMILES string of the molecule is O=C(NCc1cc(F)cc(Cl)c1)O[C@]1(O)CCN(c2cccc(C(=O)N3CCCCC3)c2)C1=O. The third kappa shape index (κ3) is 5.31. The van der Waals surface area contributed by atoms with Crippen LogP contribution in [0.3, 0.4) is 0 Å². The van der Waals surface area contributed by atoms with Crippen molar-refractivity contribution in [3.8, 4) is 0 Å². The number of amides is 3. The van der Waals surface area contributed by atoms with Gasteiger partial charge in [0, 0.05) is 48.9 Å². The molecule has 0 spiro atoms. The van der Waals surface area contributed by atoms with Crippen LogP contribution < -0.4 is 10.2 Å². The zero-order valence-electron chi connectivity index (χ0n) is 18.4. The molecule has 0 saturated carbocycles. The number of anilines is 1. The lowest BCUT2D eigenvalue weighted by atomic mass is 10.1. The van der Waals surface area contributed by atoms with Crippen molar-refractivity contribution in [3.63, 3.8) is 0 Å². The second kappa shape index (κ2) is 9.99. The number of aliphatic hydroxyl groups is 1. The Morgan fingerprint density at radius 1 is 1.12 bits per heavy atom. The molecule has 2 fully saturated rings. The van der Waals surface area contributed by atoms with Gasteiger partial charge in [-0.25, -0.2) is 9.18 Å². The molecule has 180 valence electrons. The smallest absolute Gasteiger partial charge is 0.407 e. The van der Waals surface area contributed by atoms with Gasteiger partial charge in [-0.3, -0.25) is 9.59 Å². The van der Waals surface area contributed by atoms with Crippen LogP contribution in [0.2, 0.25) is 5.02 Å². The second-order valence-corrected chi connectivity index (χ2v) is 8.85. The third-order valence-electron chi connectivity index (χ3n) is 5.92. The summed E-state index contributed by atoms with van der Waals surface area (Å²) in [6.07, 6.45) is 1.86. The van der Waals surface area contributed by atoms with Crippen molar-refractivity contribution in [3.05, 3.63) is 64.4 Å². The lowest BCUT2D eigenvalue weighted by molar-refractivity contribution is -0.175. The van der Waals surface area contributed by atoms with Crippen molar-refractivity contribution < 1.29 is 28.6 Å². The standard InChI is InChI=1S/C24H25ClFN3O5/c25-18-11-16(12-19(26)14-18)15-27-23(32)34-24(33)7-10-29(22(24)31)20-6-4-5-17(13-20)21(30)28-8-2-1-3-9-28/h4-6,11-14,33H,1-3,7-10,15H2,(H,27,32)/t24-/m1/s1. The molecule has 8 nitrogen and oxygen atoms in total. The molecular formula is C24H25ClFN3O5.